The van der Waals surface area contributed by atoms with Crippen molar-refractivity contribution in [1.82, 2.24) is 31.1 Å². The van der Waals surface area contributed by atoms with Gasteiger partial charge in [0, 0.05) is 32.0 Å². The molecule has 2 fully saturated rings. The highest BCUT2D eigenvalue weighted by molar-refractivity contribution is 5.57. The highest BCUT2D eigenvalue weighted by atomic mass is 19.3. The fourth-order valence-electron chi connectivity index (χ4n) is 4.95. The zero-order valence-electron chi connectivity index (χ0n) is 18.7. The van der Waals surface area contributed by atoms with Crippen LogP contribution in [-0.4, -0.2) is 88.2 Å². The van der Waals surface area contributed by atoms with Crippen LogP contribution in [0.2, 0.25) is 0 Å². The number of halogens is 2. The summed E-state index contributed by atoms with van der Waals surface area (Å²) >= 11 is 0. The maximum atomic E-state index is 13.3. The molecule has 0 radical (unpaired) electrons. The molecule has 0 amide bonds. The van der Waals surface area contributed by atoms with Gasteiger partial charge >= 0.3 is 0 Å². The van der Waals surface area contributed by atoms with Gasteiger partial charge in [-0.2, -0.15) is 0 Å². The highest BCUT2D eigenvalue weighted by Gasteiger charge is 2.57. The molecule has 182 valence electrons. The van der Waals surface area contributed by atoms with E-state index in [0.717, 1.165) is 18.7 Å². The predicted molar refractivity (Wildman–Crippen MR) is 119 cm³/mol. The van der Waals surface area contributed by atoms with Crippen molar-refractivity contribution in [3.05, 3.63) is 35.7 Å². The molecule has 5 aliphatic rings. The van der Waals surface area contributed by atoms with Crippen molar-refractivity contribution in [2.24, 2.45) is 10.9 Å². The van der Waals surface area contributed by atoms with Crippen LogP contribution in [-0.2, 0) is 0 Å². The van der Waals surface area contributed by atoms with Crippen LogP contribution in [0.1, 0.15) is 32.1 Å². The molecule has 3 aliphatic heterocycles. The molecule has 5 N–H and O–H groups in total. The standard InChI is InChI=1S/C22H33F2N7O2/c1-29-18-10-16(9-15-11-22(15,23)24)27-31(18)8-7-17(21(29)33)26-20(32)19-25-13-30(28-19)12-14-5-3-2-4-6-14/h2-3,5,10,13,15-17,19-21,26-28,32-33H,4,6-9,11-12H2,1H3/t15-,16?,17-,19-,20?,21?/m0/s1. The zero-order valence-corrected chi connectivity index (χ0v) is 18.7. The number of allylic oxidation sites excluding steroid dienone is 3. The van der Waals surface area contributed by atoms with Gasteiger partial charge in [-0.1, -0.05) is 18.2 Å². The summed E-state index contributed by atoms with van der Waals surface area (Å²) in [5.74, 6) is -2.33. The molecule has 0 aromatic rings. The van der Waals surface area contributed by atoms with Gasteiger partial charge in [-0.05, 0) is 37.3 Å². The van der Waals surface area contributed by atoms with Gasteiger partial charge in [0.2, 0.25) is 0 Å². The third kappa shape index (κ3) is 4.92. The number of hydrogen-bond acceptors (Lipinski definition) is 9. The van der Waals surface area contributed by atoms with E-state index in [1.54, 1.807) is 18.3 Å². The Morgan fingerprint density at radius 3 is 2.91 bits per heavy atom. The molecule has 3 heterocycles. The van der Waals surface area contributed by atoms with Crippen molar-refractivity contribution < 1.29 is 19.0 Å². The Kier molecular flexibility index (Phi) is 6.17. The number of fused-ring (bicyclic) bond motifs is 1. The monoisotopic (exact) mass is 465 g/mol. The fraction of sp³-hybridized carbons (Fsp3) is 0.682. The van der Waals surface area contributed by atoms with E-state index in [4.69, 9.17) is 0 Å². The number of hydrogen-bond donors (Lipinski definition) is 5. The van der Waals surface area contributed by atoms with E-state index in [2.05, 4.69) is 39.4 Å². The van der Waals surface area contributed by atoms with Crippen LogP contribution in [0.3, 0.4) is 0 Å². The minimum absolute atomic E-state index is 0.0412. The average Bonchev–Trinajstić information content (AvgIpc) is 3.14. The van der Waals surface area contributed by atoms with E-state index in [9.17, 15) is 19.0 Å². The molecule has 1 saturated heterocycles. The highest BCUT2D eigenvalue weighted by Crippen LogP contribution is 2.51. The summed E-state index contributed by atoms with van der Waals surface area (Å²) in [5.41, 5.74) is 7.76. The minimum Gasteiger partial charge on any atom is -0.375 e. The first-order chi connectivity index (χ1) is 15.8. The van der Waals surface area contributed by atoms with E-state index >= 15 is 0 Å². The Labute approximate surface area is 192 Å². The molecule has 5 rings (SSSR count). The topological polar surface area (TPSA) is 98.6 Å². The first-order valence-corrected chi connectivity index (χ1v) is 11.7. The van der Waals surface area contributed by atoms with E-state index in [-0.39, 0.29) is 12.5 Å². The summed E-state index contributed by atoms with van der Waals surface area (Å²) in [6.45, 7) is 1.28. The lowest BCUT2D eigenvalue weighted by Gasteiger charge is -2.33. The molecule has 0 aromatic carbocycles. The summed E-state index contributed by atoms with van der Waals surface area (Å²) < 4.78 is 26.6. The Bertz CT molecular complexity index is 864. The molecule has 9 nitrogen and oxygen atoms in total. The lowest BCUT2D eigenvalue weighted by atomic mass is 10.1. The Morgan fingerprint density at radius 2 is 2.18 bits per heavy atom. The van der Waals surface area contributed by atoms with Crippen molar-refractivity contribution in [3.63, 3.8) is 0 Å². The molecule has 6 atom stereocenters. The number of likely N-dealkylation sites (N-methyl/N-ethyl adjacent to an activating group) is 1. The number of alkyl halides is 2. The van der Waals surface area contributed by atoms with Gasteiger partial charge in [0.05, 0.1) is 12.6 Å². The van der Waals surface area contributed by atoms with Gasteiger partial charge in [-0.15, -0.1) is 0 Å². The van der Waals surface area contributed by atoms with Gasteiger partial charge < -0.3 is 15.1 Å². The normalized spacial score (nSPS) is 35.9. The number of aliphatic imine (C=N–C) groups is 1. The van der Waals surface area contributed by atoms with Gasteiger partial charge in [0.15, 0.2) is 6.17 Å². The van der Waals surface area contributed by atoms with Crippen molar-refractivity contribution in [2.75, 3.05) is 20.1 Å². The molecule has 1 saturated carbocycles. The van der Waals surface area contributed by atoms with E-state index in [1.165, 1.54) is 5.57 Å². The van der Waals surface area contributed by atoms with Crippen LogP contribution in [0.25, 0.3) is 0 Å². The van der Waals surface area contributed by atoms with E-state index < -0.39 is 36.5 Å². The van der Waals surface area contributed by atoms with Gasteiger partial charge in [-0.3, -0.25) is 15.3 Å². The Morgan fingerprint density at radius 1 is 1.36 bits per heavy atom. The minimum atomic E-state index is -2.53. The van der Waals surface area contributed by atoms with Crippen molar-refractivity contribution in [1.29, 1.82) is 0 Å². The number of rotatable bonds is 7. The zero-order chi connectivity index (χ0) is 23.2. The maximum Gasteiger partial charge on any atom is 0.251 e. The molecule has 2 aliphatic carbocycles. The lowest BCUT2D eigenvalue weighted by Crippen LogP contribution is -2.56. The summed E-state index contributed by atoms with van der Waals surface area (Å²) in [6.07, 6.45) is 10.4. The van der Waals surface area contributed by atoms with Crippen LogP contribution < -0.4 is 16.2 Å². The van der Waals surface area contributed by atoms with Crippen LogP contribution in [0.5, 0.6) is 0 Å². The second-order valence-corrected chi connectivity index (χ2v) is 9.60. The maximum absolute atomic E-state index is 13.3. The van der Waals surface area contributed by atoms with Crippen LogP contribution in [0.4, 0.5) is 8.78 Å². The third-order valence-electron chi connectivity index (χ3n) is 7.05. The second-order valence-electron chi connectivity index (χ2n) is 9.60. The fourth-order valence-corrected chi connectivity index (χ4v) is 4.95. The molecular formula is C22H33F2N7O2. The largest absolute Gasteiger partial charge is 0.375 e. The lowest BCUT2D eigenvalue weighted by molar-refractivity contribution is -0.0182. The van der Waals surface area contributed by atoms with E-state index in [0.29, 0.717) is 25.9 Å². The molecular weight excluding hydrogens is 432 g/mol. The first kappa shape index (κ1) is 22.7. The molecule has 0 spiro atoms. The quantitative estimate of drug-likeness (QED) is 0.346. The summed E-state index contributed by atoms with van der Waals surface area (Å²) in [5, 5.41) is 28.6. The third-order valence-corrected chi connectivity index (χ3v) is 7.05. The van der Waals surface area contributed by atoms with Crippen LogP contribution in [0, 0.1) is 5.92 Å². The Hall–Kier alpha value is -2.05. The summed E-state index contributed by atoms with van der Waals surface area (Å²) in [4.78, 5) is 6.09. The molecule has 0 aromatic heterocycles. The predicted octanol–water partition coefficient (Wildman–Crippen LogP) is 0.443. The summed E-state index contributed by atoms with van der Waals surface area (Å²) in [7, 11) is 1.77. The average molecular weight is 466 g/mol. The van der Waals surface area contributed by atoms with Crippen molar-refractivity contribution in [3.8, 4) is 0 Å². The van der Waals surface area contributed by atoms with Crippen molar-refractivity contribution >= 4 is 6.34 Å². The molecule has 3 unspecified atom stereocenters. The molecule has 33 heavy (non-hydrogen) atoms. The Balaban J connectivity index is 1.14. The van der Waals surface area contributed by atoms with Crippen LogP contribution >= 0.6 is 0 Å². The number of aliphatic hydroxyl groups excluding tert-OH is 2. The smallest absolute Gasteiger partial charge is 0.251 e. The van der Waals surface area contributed by atoms with Crippen LogP contribution in [0.15, 0.2) is 40.7 Å². The number of nitrogens with zero attached hydrogens (tertiary/aromatic N) is 4. The SMILES string of the molecule is CN1C2=CC(C[C@H]3CC3(F)F)NN2CC[C@H](NC(O)[C@H]2N=CN(CC3=CC=CCC3)N2)C1O. The molecule has 11 heteroatoms. The molecule has 0 bridgehead atoms. The van der Waals surface area contributed by atoms with Gasteiger partial charge in [-0.25, -0.2) is 24.6 Å². The van der Waals surface area contributed by atoms with Gasteiger partial charge in [0.25, 0.3) is 5.92 Å². The van der Waals surface area contributed by atoms with E-state index in [1.807, 2.05) is 16.1 Å². The number of aliphatic hydroxyl groups is 2. The number of nitrogens with one attached hydrogen (secondary N) is 3. The second kappa shape index (κ2) is 8.95. The van der Waals surface area contributed by atoms with Crippen molar-refractivity contribution in [2.45, 2.75) is 68.7 Å². The first-order valence-electron chi connectivity index (χ1n) is 11.7. The van der Waals surface area contributed by atoms with Gasteiger partial charge in [0.1, 0.15) is 24.6 Å². The number of hydrazine groups is 2. The summed E-state index contributed by atoms with van der Waals surface area (Å²) in [6, 6.07) is -0.567.